The number of hydrogen-bond acceptors (Lipinski definition) is 11. The molecule has 0 saturated carbocycles. The van der Waals surface area contributed by atoms with Crippen molar-refractivity contribution in [2.75, 3.05) is 16.6 Å². The van der Waals surface area contributed by atoms with E-state index in [1.165, 1.54) is 6.92 Å². The lowest BCUT2D eigenvalue weighted by Gasteiger charge is -2.19. The maximum atomic E-state index is 13.5. The van der Waals surface area contributed by atoms with Gasteiger partial charge < -0.3 is 26.4 Å². The molecule has 0 atom stereocenters. The Morgan fingerprint density at radius 1 is 0.766 bits per heavy atom. The number of benzene rings is 2. The number of carboxylic acids is 2. The number of hydrogen-bond donors (Lipinski definition) is 6. The number of halogens is 6. The maximum absolute atomic E-state index is 13.5. The minimum atomic E-state index is -5.04. The summed E-state index contributed by atoms with van der Waals surface area (Å²) in [5, 5.41) is 19.5. The first-order chi connectivity index (χ1) is 21.7. The van der Waals surface area contributed by atoms with E-state index >= 15 is 0 Å². The zero-order valence-electron chi connectivity index (χ0n) is 23.9. The molecule has 0 aliphatic carbocycles. The molecule has 2 aromatic carbocycles. The van der Waals surface area contributed by atoms with Crippen LogP contribution in [-0.4, -0.2) is 39.7 Å². The van der Waals surface area contributed by atoms with Crippen molar-refractivity contribution in [2.24, 2.45) is 23.2 Å². The molecule has 250 valence electrons. The Bertz CT molecular complexity index is 1660. The average molecular weight is 670 g/mol. The summed E-state index contributed by atoms with van der Waals surface area (Å²) in [6.07, 6.45) is -8.27. The molecule has 3 rings (SSSR count). The van der Waals surface area contributed by atoms with E-state index in [9.17, 15) is 40.7 Å². The normalized spacial score (nSPS) is 12.4. The van der Waals surface area contributed by atoms with E-state index < -0.39 is 52.5 Å². The fraction of sp³-hybridized carbons (Fsp3) is 0.143. The van der Waals surface area contributed by atoms with Gasteiger partial charge in [-0.2, -0.15) is 26.3 Å². The molecule has 0 bridgehead atoms. The number of pyridine rings is 1. The van der Waals surface area contributed by atoms with E-state index in [1.807, 2.05) is 0 Å². The number of rotatable bonds is 10. The minimum Gasteiger partial charge on any atom is -0.478 e. The van der Waals surface area contributed by atoms with Crippen LogP contribution in [0, 0.1) is 0 Å². The Labute approximate surface area is 260 Å². The van der Waals surface area contributed by atoms with Gasteiger partial charge in [-0.15, -0.1) is 0 Å². The Balaban J connectivity index is 2.07. The van der Waals surface area contributed by atoms with E-state index in [0.717, 1.165) is 36.7 Å². The number of esters is 1. The summed E-state index contributed by atoms with van der Waals surface area (Å²) in [6, 6.07) is 6.57. The molecule has 0 saturated heterocycles. The van der Waals surface area contributed by atoms with E-state index in [4.69, 9.17) is 38.1 Å². The van der Waals surface area contributed by atoms with Crippen molar-refractivity contribution in [1.82, 2.24) is 4.98 Å². The van der Waals surface area contributed by atoms with Crippen molar-refractivity contribution in [2.45, 2.75) is 19.3 Å². The van der Waals surface area contributed by atoms with Crippen molar-refractivity contribution >= 4 is 40.7 Å². The van der Waals surface area contributed by atoms with E-state index in [2.05, 4.69) is 4.98 Å². The second kappa shape index (κ2) is 13.7. The summed E-state index contributed by atoms with van der Waals surface area (Å²) in [5.74, 6) is 7.24. The lowest BCUT2D eigenvalue weighted by atomic mass is 10.1. The second-order valence-corrected chi connectivity index (χ2v) is 9.40. The van der Waals surface area contributed by atoms with Gasteiger partial charge in [0.1, 0.15) is 0 Å². The first kappa shape index (κ1) is 35.7. The number of hydrazine groups is 2. The monoisotopic (exact) mass is 669 g/mol. The molecule has 0 fully saturated rings. The third-order valence-corrected chi connectivity index (χ3v) is 6.16. The van der Waals surface area contributed by atoms with Gasteiger partial charge in [-0.05, 0) is 55.5 Å². The zero-order chi connectivity index (χ0) is 35.4. The molecule has 1 heterocycles. The molecule has 0 amide bonds. The highest BCUT2D eigenvalue weighted by molar-refractivity contribution is 5.92. The molecule has 47 heavy (non-hydrogen) atoms. The predicted octanol–water partition coefficient (Wildman–Crippen LogP) is 3.97. The van der Waals surface area contributed by atoms with Gasteiger partial charge >= 0.3 is 30.3 Å². The third-order valence-electron chi connectivity index (χ3n) is 6.16. The van der Waals surface area contributed by atoms with Gasteiger partial charge in [-0.1, -0.05) is 0 Å². The van der Waals surface area contributed by atoms with Crippen LogP contribution in [0.15, 0.2) is 60.9 Å². The molecule has 0 unspecified atom stereocenters. The highest BCUT2D eigenvalue weighted by Gasteiger charge is 2.37. The number of carbonyl (C=O) groups excluding carboxylic acids is 1. The lowest BCUT2D eigenvalue weighted by molar-refractivity contribution is -0.138. The molecule has 0 aliphatic rings. The van der Waals surface area contributed by atoms with Crippen molar-refractivity contribution in [3.8, 4) is 0 Å². The number of alkyl halides is 6. The van der Waals surface area contributed by atoms with Gasteiger partial charge in [0.25, 0.3) is 0 Å². The van der Waals surface area contributed by atoms with Crippen LogP contribution in [0.3, 0.4) is 0 Å². The number of carboxylic acid groups (broad SMARTS) is 2. The number of aromatic carboxylic acids is 2. The van der Waals surface area contributed by atoms with Crippen LogP contribution in [0.25, 0.3) is 11.4 Å². The molecular weight excluding hydrogens is 644 g/mol. The van der Waals surface area contributed by atoms with Gasteiger partial charge in [-0.25, -0.2) is 31.1 Å². The Kier molecular flexibility index (Phi) is 10.4. The van der Waals surface area contributed by atoms with Gasteiger partial charge in [0.05, 0.1) is 68.6 Å². The molecule has 1 aromatic heterocycles. The smallest absolute Gasteiger partial charge is 0.417 e. The van der Waals surface area contributed by atoms with E-state index in [1.54, 1.807) is 0 Å². The molecular formula is C28H25F6N7O6. The first-order valence-corrected chi connectivity index (χ1v) is 12.9. The summed E-state index contributed by atoms with van der Waals surface area (Å²) in [6.45, 7) is 1.45. The predicted molar refractivity (Wildman–Crippen MR) is 155 cm³/mol. The SMILES string of the molecule is CCOC(=O)c1cc(/C(N)=C/N(N)c2ccc(C(=O)O)c(C(F)(F)F)c2)nc(/C(N)=C/N(N)c2ccc(C(=O)O)c(C(F)(F)F)c2)c1. The number of nitrogens with zero attached hydrogens (tertiary/aromatic N) is 3. The summed E-state index contributed by atoms with van der Waals surface area (Å²) < 4.78 is 85.9. The van der Waals surface area contributed by atoms with Crippen LogP contribution >= 0.6 is 0 Å². The lowest BCUT2D eigenvalue weighted by Crippen LogP contribution is -2.27. The molecule has 10 N–H and O–H groups in total. The average Bonchev–Trinajstić information content (AvgIpc) is 2.99. The van der Waals surface area contributed by atoms with Crippen LogP contribution in [0.1, 0.15) is 60.5 Å². The van der Waals surface area contributed by atoms with E-state index in [0.29, 0.717) is 34.3 Å². The van der Waals surface area contributed by atoms with Gasteiger partial charge in [0.15, 0.2) is 0 Å². The van der Waals surface area contributed by atoms with Gasteiger partial charge in [0.2, 0.25) is 0 Å². The molecule has 0 aliphatic heterocycles. The largest absolute Gasteiger partial charge is 0.478 e. The number of carbonyl (C=O) groups is 3. The summed E-state index contributed by atoms with van der Waals surface area (Å²) in [5.41, 5.74) is 5.20. The van der Waals surface area contributed by atoms with Crippen molar-refractivity contribution < 1.29 is 55.7 Å². The Hall–Kier alpha value is -5.82. The van der Waals surface area contributed by atoms with E-state index in [-0.39, 0.29) is 46.3 Å². The third kappa shape index (κ3) is 8.47. The highest BCUT2D eigenvalue weighted by Crippen LogP contribution is 2.36. The van der Waals surface area contributed by atoms with Crippen LogP contribution in [-0.2, 0) is 17.1 Å². The van der Waals surface area contributed by atoms with Crippen LogP contribution in [0.2, 0.25) is 0 Å². The minimum absolute atomic E-state index is 0.0582. The number of anilines is 2. The van der Waals surface area contributed by atoms with Gasteiger partial charge in [0, 0.05) is 12.4 Å². The Morgan fingerprint density at radius 2 is 1.15 bits per heavy atom. The molecule has 3 aromatic rings. The number of aromatic nitrogens is 1. The zero-order valence-corrected chi connectivity index (χ0v) is 23.9. The van der Waals surface area contributed by atoms with Crippen molar-refractivity contribution in [1.29, 1.82) is 0 Å². The topological polar surface area (TPSA) is 224 Å². The van der Waals surface area contributed by atoms with Crippen molar-refractivity contribution in [3.63, 3.8) is 0 Å². The first-order valence-electron chi connectivity index (χ1n) is 12.9. The van der Waals surface area contributed by atoms with Crippen LogP contribution in [0.5, 0.6) is 0 Å². The molecule has 0 spiro atoms. The summed E-state index contributed by atoms with van der Waals surface area (Å²) in [7, 11) is 0. The summed E-state index contributed by atoms with van der Waals surface area (Å²) in [4.78, 5) is 39.3. The van der Waals surface area contributed by atoms with Crippen molar-refractivity contribution in [3.05, 3.63) is 100 Å². The van der Waals surface area contributed by atoms with Crippen LogP contribution in [0.4, 0.5) is 37.7 Å². The maximum Gasteiger partial charge on any atom is 0.417 e. The number of nitrogens with two attached hydrogens (primary N) is 4. The fourth-order valence-electron chi connectivity index (χ4n) is 3.97. The van der Waals surface area contributed by atoms with Gasteiger partial charge in [-0.3, -0.25) is 10.0 Å². The summed E-state index contributed by atoms with van der Waals surface area (Å²) >= 11 is 0. The molecule has 0 radical (unpaired) electrons. The number of ether oxygens (including phenoxy) is 1. The molecule has 13 nitrogen and oxygen atoms in total. The fourth-order valence-corrected chi connectivity index (χ4v) is 3.97. The van der Waals surface area contributed by atoms with Crippen LogP contribution < -0.4 is 33.2 Å². The second-order valence-electron chi connectivity index (χ2n) is 9.40. The quantitative estimate of drug-likeness (QED) is 0.0779. The highest BCUT2D eigenvalue weighted by atomic mass is 19.4. The standard InChI is InChI=1S/C28H25F6N7O6/c1-2-47-26(46)13-7-22(20(35)11-40(37)14-3-5-16(24(42)43)18(9-14)27(29,30)31)39-23(8-13)21(36)12-41(38)15-4-6-17(25(44)45)19(10-15)28(32,33)34/h3-12H,2,35-38H2,1H3,(H,42,43)(H,44,45)/b20-11-,21-12-. The molecule has 19 heteroatoms. The Morgan fingerprint density at radius 3 is 1.47 bits per heavy atom.